The van der Waals surface area contributed by atoms with Crippen molar-refractivity contribution in [3.05, 3.63) is 35.0 Å². The van der Waals surface area contributed by atoms with Crippen molar-refractivity contribution in [1.82, 2.24) is 5.16 Å². The first kappa shape index (κ1) is 13.0. The van der Waals surface area contributed by atoms with Crippen molar-refractivity contribution in [2.75, 3.05) is 16.6 Å². The van der Waals surface area contributed by atoms with Gasteiger partial charge in [0.15, 0.2) is 0 Å². The molecule has 0 atom stereocenters. The minimum absolute atomic E-state index is 0.168. The first-order valence-corrected chi connectivity index (χ1v) is 7.78. The maximum absolute atomic E-state index is 12.3. The van der Waals surface area contributed by atoms with Gasteiger partial charge < -0.3 is 9.84 Å². The highest BCUT2D eigenvalue weighted by atomic mass is 32.2. The van der Waals surface area contributed by atoms with Crippen molar-refractivity contribution in [3.8, 4) is 0 Å². The fourth-order valence-corrected chi connectivity index (χ4v) is 3.24. The summed E-state index contributed by atoms with van der Waals surface area (Å²) >= 11 is 0. The Bertz CT molecular complexity index is 765. The van der Waals surface area contributed by atoms with Crippen molar-refractivity contribution in [2.24, 2.45) is 0 Å². The summed E-state index contributed by atoms with van der Waals surface area (Å²) < 4.78 is 32.1. The zero-order valence-corrected chi connectivity index (χ0v) is 12.0. The van der Waals surface area contributed by atoms with E-state index in [0.717, 1.165) is 24.2 Å². The molecule has 2 heterocycles. The van der Waals surface area contributed by atoms with Crippen LogP contribution in [0.25, 0.3) is 0 Å². The number of rotatable bonds is 3. The molecular formula is C13H15N3O3S. The zero-order valence-electron chi connectivity index (χ0n) is 11.2. The molecule has 1 aromatic carbocycles. The normalized spacial score (nSPS) is 13.9. The van der Waals surface area contributed by atoms with Crippen LogP contribution in [-0.2, 0) is 16.4 Å². The van der Waals surface area contributed by atoms with Crippen molar-refractivity contribution >= 4 is 21.6 Å². The SMILES string of the molecule is Cc1noc(NS(=O)(=O)c2ccc3c(c2)CCN3)c1C. The van der Waals surface area contributed by atoms with Crippen molar-refractivity contribution in [2.45, 2.75) is 25.2 Å². The molecule has 2 aromatic rings. The Labute approximate surface area is 117 Å². The molecule has 1 aromatic heterocycles. The summed E-state index contributed by atoms with van der Waals surface area (Å²) in [6, 6.07) is 5.06. The minimum Gasteiger partial charge on any atom is -0.384 e. The highest BCUT2D eigenvalue weighted by molar-refractivity contribution is 7.92. The molecule has 0 fully saturated rings. The molecule has 0 bridgehead atoms. The Morgan fingerprint density at radius 1 is 1.35 bits per heavy atom. The van der Waals surface area contributed by atoms with Crippen molar-refractivity contribution in [1.29, 1.82) is 0 Å². The molecule has 3 rings (SSSR count). The second kappa shape index (κ2) is 4.52. The molecule has 0 unspecified atom stereocenters. The molecule has 0 aliphatic carbocycles. The summed E-state index contributed by atoms with van der Waals surface area (Å²) in [6.07, 6.45) is 0.832. The molecule has 0 saturated carbocycles. The molecule has 1 aliphatic rings. The average molecular weight is 293 g/mol. The lowest BCUT2D eigenvalue weighted by Gasteiger charge is -2.07. The highest BCUT2D eigenvalue weighted by Crippen LogP contribution is 2.27. The van der Waals surface area contributed by atoms with Gasteiger partial charge in [0.05, 0.1) is 10.6 Å². The van der Waals surface area contributed by atoms with E-state index in [2.05, 4.69) is 15.2 Å². The molecule has 6 nitrogen and oxygen atoms in total. The number of aromatic nitrogens is 1. The minimum atomic E-state index is -3.66. The summed E-state index contributed by atoms with van der Waals surface area (Å²) in [4.78, 5) is 0.230. The van der Waals surface area contributed by atoms with Gasteiger partial charge in [-0.25, -0.2) is 13.1 Å². The number of fused-ring (bicyclic) bond motifs is 1. The second-order valence-electron chi connectivity index (χ2n) is 4.82. The molecule has 2 N–H and O–H groups in total. The topological polar surface area (TPSA) is 84.2 Å². The fraction of sp³-hybridized carbons (Fsp3) is 0.308. The van der Waals surface area contributed by atoms with Crippen LogP contribution in [0, 0.1) is 13.8 Å². The number of sulfonamides is 1. The van der Waals surface area contributed by atoms with Crippen LogP contribution in [0.15, 0.2) is 27.6 Å². The Morgan fingerprint density at radius 2 is 2.15 bits per heavy atom. The summed E-state index contributed by atoms with van der Waals surface area (Å²) in [5, 5.41) is 6.94. The Balaban J connectivity index is 1.94. The predicted molar refractivity (Wildman–Crippen MR) is 75.4 cm³/mol. The monoisotopic (exact) mass is 293 g/mol. The molecule has 7 heteroatoms. The van der Waals surface area contributed by atoms with E-state index in [1.807, 2.05) is 0 Å². The predicted octanol–water partition coefficient (Wildman–Crippen LogP) is 2.06. The van der Waals surface area contributed by atoms with Gasteiger partial charge in [-0.05, 0) is 44.0 Å². The van der Waals surface area contributed by atoms with Gasteiger partial charge in [0, 0.05) is 17.8 Å². The number of nitrogens with zero attached hydrogens (tertiary/aromatic N) is 1. The zero-order chi connectivity index (χ0) is 14.3. The quantitative estimate of drug-likeness (QED) is 0.905. The highest BCUT2D eigenvalue weighted by Gasteiger charge is 2.21. The number of benzene rings is 1. The third-order valence-corrected chi connectivity index (χ3v) is 4.81. The third-order valence-electron chi connectivity index (χ3n) is 3.48. The van der Waals surface area contributed by atoms with Crippen molar-refractivity contribution < 1.29 is 12.9 Å². The number of nitrogens with one attached hydrogen (secondary N) is 2. The van der Waals surface area contributed by atoms with Gasteiger partial charge in [-0.3, -0.25) is 0 Å². The molecule has 0 amide bonds. The van der Waals surface area contributed by atoms with Gasteiger partial charge in [-0.2, -0.15) is 0 Å². The summed E-state index contributed by atoms with van der Waals surface area (Å²) in [5.74, 6) is 0.168. The Kier molecular flexibility index (Phi) is 2.93. The van der Waals surface area contributed by atoms with E-state index >= 15 is 0 Å². The number of hydrogen-bond donors (Lipinski definition) is 2. The lowest BCUT2D eigenvalue weighted by molar-refractivity contribution is 0.430. The summed E-state index contributed by atoms with van der Waals surface area (Å²) in [7, 11) is -3.66. The van der Waals surface area contributed by atoms with Gasteiger partial charge in [0.1, 0.15) is 0 Å². The summed E-state index contributed by atoms with van der Waals surface area (Å²) in [6.45, 7) is 4.36. The van der Waals surface area contributed by atoms with Crippen LogP contribution in [0.3, 0.4) is 0 Å². The van der Waals surface area contributed by atoms with Crippen molar-refractivity contribution in [3.63, 3.8) is 0 Å². The Hall–Kier alpha value is -2.02. The van der Waals surface area contributed by atoms with Crippen LogP contribution in [0.4, 0.5) is 11.6 Å². The van der Waals surface area contributed by atoms with E-state index in [1.165, 1.54) is 0 Å². The van der Waals surface area contributed by atoms with E-state index in [9.17, 15) is 8.42 Å². The van der Waals surface area contributed by atoms with E-state index in [-0.39, 0.29) is 10.8 Å². The standard InChI is InChI=1S/C13H15N3O3S/c1-8-9(2)15-19-13(8)16-20(17,18)11-3-4-12-10(7-11)5-6-14-12/h3-4,7,14,16H,5-6H2,1-2H3. The third kappa shape index (κ3) is 2.14. The largest absolute Gasteiger partial charge is 0.384 e. The number of aryl methyl sites for hydroxylation is 1. The first-order valence-electron chi connectivity index (χ1n) is 6.30. The van der Waals surface area contributed by atoms with Gasteiger partial charge >= 0.3 is 0 Å². The van der Waals surface area contributed by atoms with E-state index < -0.39 is 10.0 Å². The van der Waals surface area contributed by atoms with Crippen LogP contribution in [-0.4, -0.2) is 20.1 Å². The molecule has 106 valence electrons. The van der Waals surface area contributed by atoms with Gasteiger partial charge in [-0.1, -0.05) is 5.16 Å². The molecular weight excluding hydrogens is 278 g/mol. The fourth-order valence-electron chi connectivity index (χ4n) is 2.14. The maximum Gasteiger partial charge on any atom is 0.264 e. The molecule has 1 aliphatic heterocycles. The van der Waals surface area contributed by atoms with Gasteiger partial charge in [-0.15, -0.1) is 0 Å². The van der Waals surface area contributed by atoms with Crippen LogP contribution in [0.1, 0.15) is 16.8 Å². The van der Waals surface area contributed by atoms with Crippen LogP contribution < -0.4 is 10.0 Å². The number of anilines is 2. The van der Waals surface area contributed by atoms with Gasteiger partial charge in [0.2, 0.25) is 5.88 Å². The van der Waals surface area contributed by atoms with E-state index in [0.29, 0.717) is 11.3 Å². The number of hydrogen-bond acceptors (Lipinski definition) is 5. The molecule has 0 spiro atoms. The van der Waals surface area contributed by atoms with Gasteiger partial charge in [0.25, 0.3) is 10.0 Å². The van der Waals surface area contributed by atoms with E-state index in [1.54, 1.807) is 32.0 Å². The average Bonchev–Trinajstić information content (AvgIpc) is 2.99. The molecule has 0 radical (unpaired) electrons. The van der Waals surface area contributed by atoms with Crippen LogP contribution in [0.2, 0.25) is 0 Å². The Morgan fingerprint density at radius 3 is 2.85 bits per heavy atom. The molecule has 20 heavy (non-hydrogen) atoms. The summed E-state index contributed by atoms with van der Waals surface area (Å²) in [5.41, 5.74) is 3.37. The van der Waals surface area contributed by atoms with E-state index in [4.69, 9.17) is 4.52 Å². The van der Waals surface area contributed by atoms with Crippen LogP contribution in [0.5, 0.6) is 0 Å². The molecule has 0 saturated heterocycles. The van der Waals surface area contributed by atoms with Crippen LogP contribution >= 0.6 is 0 Å². The first-order chi connectivity index (χ1) is 9.47. The lowest BCUT2D eigenvalue weighted by atomic mass is 10.2. The second-order valence-corrected chi connectivity index (χ2v) is 6.51. The lowest BCUT2D eigenvalue weighted by Crippen LogP contribution is -2.13. The smallest absolute Gasteiger partial charge is 0.264 e. The maximum atomic E-state index is 12.3.